The first-order valence-corrected chi connectivity index (χ1v) is 13.0. The summed E-state index contributed by atoms with van der Waals surface area (Å²) in [6, 6.07) is -0.819. The fourth-order valence-corrected chi connectivity index (χ4v) is 6.28. The first-order valence-electron chi connectivity index (χ1n) is 13.0. The minimum absolute atomic E-state index is 0.00638. The average molecular weight is 506 g/mol. The van der Waals surface area contributed by atoms with Crippen molar-refractivity contribution in [3.8, 4) is 0 Å². The van der Waals surface area contributed by atoms with Gasteiger partial charge in [0.05, 0.1) is 31.2 Å². The third kappa shape index (κ3) is 4.96. The highest BCUT2D eigenvalue weighted by molar-refractivity contribution is 5.98. The van der Waals surface area contributed by atoms with Gasteiger partial charge in [-0.2, -0.15) is 0 Å². The van der Waals surface area contributed by atoms with Crippen molar-refractivity contribution in [1.29, 1.82) is 0 Å². The number of ether oxygens (including phenoxy) is 3. The molecule has 1 spiro atoms. The molecule has 4 fully saturated rings. The number of fused-ring (bicyclic) bond motifs is 1. The Hall–Kier alpha value is -2.27. The van der Waals surface area contributed by atoms with Crippen molar-refractivity contribution in [2.24, 2.45) is 11.8 Å². The second-order valence-corrected chi connectivity index (χ2v) is 9.96. The number of likely N-dealkylation sites (tertiary alicyclic amines) is 1. The second-order valence-electron chi connectivity index (χ2n) is 9.96. The van der Waals surface area contributed by atoms with E-state index in [-0.39, 0.29) is 25.0 Å². The molecule has 0 aromatic heterocycles. The number of rotatable bonds is 13. The van der Waals surface area contributed by atoms with Crippen LogP contribution in [-0.2, 0) is 28.6 Å². The first-order chi connectivity index (χ1) is 17.5. The van der Waals surface area contributed by atoms with Gasteiger partial charge in [-0.3, -0.25) is 19.3 Å². The van der Waals surface area contributed by atoms with Gasteiger partial charge in [-0.15, -0.1) is 6.58 Å². The average Bonchev–Trinajstić information content (AvgIpc) is 3.53. The van der Waals surface area contributed by atoms with E-state index in [0.29, 0.717) is 65.1 Å². The molecule has 4 aliphatic heterocycles. The molecule has 4 aliphatic rings. The molecular formula is C26H39N3O7. The fourth-order valence-electron chi connectivity index (χ4n) is 6.28. The van der Waals surface area contributed by atoms with Gasteiger partial charge >= 0.3 is 5.97 Å². The quantitative estimate of drug-likeness (QED) is 0.215. The number of morpholine rings is 1. The minimum atomic E-state index is -1.05. The third-order valence-corrected chi connectivity index (χ3v) is 7.91. The maximum Gasteiger partial charge on any atom is 0.312 e. The van der Waals surface area contributed by atoms with Crippen LogP contribution in [0.4, 0.5) is 0 Å². The summed E-state index contributed by atoms with van der Waals surface area (Å²) >= 11 is 0. The molecule has 10 heteroatoms. The van der Waals surface area contributed by atoms with Crippen molar-refractivity contribution >= 4 is 17.8 Å². The molecular weight excluding hydrogens is 466 g/mol. The number of hydrogen-bond donors (Lipinski definition) is 1. The van der Waals surface area contributed by atoms with Crippen molar-refractivity contribution < 1.29 is 33.7 Å². The van der Waals surface area contributed by atoms with Crippen molar-refractivity contribution in [2.75, 3.05) is 65.7 Å². The lowest BCUT2D eigenvalue weighted by atomic mass is 9.70. The summed E-state index contributed by atoms with van der Waals surface area (Å²) < 4.78 is 17.2. The number of aliphatic hydroxyl groups excluding tert-OH is 1. The molecule has 2 amide bonds. The van der Waals surface area contributed by atoms with Gasteiger partial charge in [0.2, 0.25) is 11.8 Å². The van der Waals surface area contributed by atoms with Gasteiger partial charge in [0.1, 0.15) is 18.2 Å². The minimum Gasteiger partial charge on any atom is -0.461 e. The highest BCUT2D eigenvalue weighted by Gasteiger charge is 2.74. The zero-order chi connectivity index (χ0) is 25.7. The Bertz CT molecular complexity index is 845. The number of carbonyl (C=O) groups is 3. The van der Waals surface area contributed by atoms with Crippen LogP contribution in [0.15, 0.2) is 25.3 Å². The molecule has 36 heavy (non-hydrogen) atoms. The Kier molecular flexibility index (Phi) is 8.82. The number of hydrogen-bond acceptors (Lipinski definition) is 8. The molecule has 200 valence electrons. The smallest absolute Gasteiger partial charge is 0.312 e. The summed E-state index contributed by atoms with van der Waals surface area (Å²) in [7, 11) is 0. The van der Waals surface area contributed by atoms with Gasteiger partial charge in [0.25, 0.3) is 0 Å². The van der Waals surface area contributed by atoms with Crippen LogP contribution < -0.4 is 0 Å². The maximum atomic E-state index is 14.2. The maximum absolute atomic E-state index is 14.2. The molecule has 4 saturated heterocycles. The number of carbonyl (C=O) groups excluding carboxylic acids is 3. The lowest BCUT2D eigenvalue weighted by Crippen LogP contribution is -2.57. The van der Waals surface area contributed by atoms with Gasteiger partial charge in [0.15, 0.2) is 0 Å². The van der Waals surface area contributed by atoms with Gasteiger partial charge in [-0.05, 0) is 25.7 Å². The van der Waals surface area contributed by atoms with Crippen LogP contribution in [-0.4, -0.2) is 121 Å². The number of unbranched alkanes of at least 4 members (excludes halogenated alkanes) is 1. The van der Waals surface area contributed by atoms with E-state index < -0.39 is 35.6 Å². The predicted octanol–water partition coefficient (Wildman–Crippen LogP) is 0.210. The van der Waals surface area contributed by atoms with Gasteiger partial charge < -0.3 is 29.1 Å². The van der Waals surface area contributed by atoms with Crippen LogP contribution in [0.1, 0.15) is 25.7 Å². The monoisotopic (exact) mass is 505 g/mol. The van der Waals surface area contributed by atoms with Gasteiger partial charge in [-0.25, -0.2) is 0 Å². The fraction of sp³-hybridized carbons (Fsp3) is 0.731. The molecule has 2 unspecified atom stereocenters. The molecule has 0 aliphatic carbocycles. The summed E-state index contributed by atoms with van der Waals surface area (Å²) in [6.45, 7) is 12.4. The Morgan fingerprint density at radius 1 is 1.19 bits per heavy atom. The largest absolute Gasteiger partial charge is 0.461 e. The summed E-state index contributed by atoms with van der Waals surface area (Å²) in [5, 5.41) is 9.30. The topological polar surface area (TPSA) is 109 Å². The number of esters is 1. The van der Waals surface area contributed by atoms with E-state index in [1.807, 2.05) is 0 Å². The van der Waals surface area contributed by atoms with Crippen molar-refractivity contribution in [3.63, 3.8) is 0 Å². The van der Waals surface area contributed by atoms with Crippen LogP contribution in [0.2, 0.25) is 0 Å². The normalized spacial score (nSPS) is 31.4. The van der Waals surface area contributed by atoms with E-state index in [1.54, 1.807) is 15.9 Å². The Labute approximate surface area is 212 Å². The van der Waals surface area contributed by atoms with Crippen molar-refractivity contribution in [2.45, 2.75) is 43.4 Å². The molecule has 4 rings (SSSR count). The van der Waals surface area contributed by atoms with Gasteiger partial charge in [-0.1, -0.05) is 18.7 Å². The second kappa shape index (κ2) is 11.9. The van der Waals surface area contributed by atoms with Crippen LogP contribution in [0.25, 0.3) is 0 Å². The molecule has 4 heterocycles. The number of amides is 2. The predicted molar refractivity (Wildman–Crippen MR) is 131 cm³/mol. The summed E-state index contributed by atoms with van der Waals surface area (Å²) in [5.74, 6) is -2.37. The zero-order valence-electron chi connectivity index (χ0n) is 21.0. The van der Waals surface area contributed by atoms with Crippen molar-refractivity contribution in [1.82, 2.24) is 14.7 Å². The third-order valence-electron chi connectivity index (χ3n) is 7.91. The lowest BCUT2D eigenvalue weighted by molar-refractivity contribution is -0.154. The molecule has 0 saturated carbocycles. The van der Waals surface area contributed by atoms with E-state index in [0.717, 1.165) is 13.1 Å². The molecule has 2 bridgehead atoms. The Morgan fingerprint density at radius 2 is 1.97 bits per heavy atom. The summed E-state index contributed by atoms with van der Waals surface area (Å²) in [6.07, 6.45) is 4.96. The molecule has 10 nitrogen and oxygen atoms in total. The lowest BCUT2D eigenvalue weighted by Gasteiger charge is -2.37. The van der Waals surface area contributed by atoms with Gasteiger partial charge in [0, 0.05) is 45.9 Å². The molecule has 5 atom stereocenters. The first kappa shape index (κ1) is 26.8. The van der Waals surface area contributed by atoms with Crippen LogP contribution in [0.3, 0.4) is 0 Å². The summed E-state index contributed by atoms with van der Waals surface area (Å²) in [5.41, 5.74) is -1.05. The van der Waals surface area contributed by atoms with E-state index in [2.05, 4.69) is 18.1 Å². The molecule has 0 aromatic carbocycles. The summed E-state index contributed by atoms with van der Waals surface area (Å²) in [4.78, 5) is 46.5. The van der Waals surface area contributed by atoms with E-state index in [1.165, 1.54) is 6.08 Å². The van der Waals surface area contributed by atoms with E-state index in [4.69, 9.17) is 14.2 Å². The molecule has 1 N–H and O–H groups in total. The van der Waals surface area contributed by atoms with E-state index >= 15 is 0 Å². The van der Waals surface area contributed by atoms with Crippen LogP contribution >= 0.6 is 0 Å². The SMILES string of the molecule is C=CCOC(=O)[C@@H]1[C@H]2C(=O)N(CCCCO)C(C(=O)N(CC=C)CCN3CCOCC3)C23CC[C@H]1O3. The van der Waals surface area contributed by atoms with Crippen LogP contribution in [0, 0.1) is 11.8 Å². The number of aliphatic hydroxyl groups is 1. The van der Waals surface area contributed by atoms with E-state index in [9.17, 15) is 19.5 Å². The molecule has 0 aromatic rings. The number of nitrogens with zero attached hydrogens (tertiary/aromatic N) is 3. The van der Waals surface area contributed by atoms with Crippen molar-refractivity contribution in [3.05, 3.63) is 25.3 Å². The highest BCUT2D eigenvalue weighted by atomic mass is 16.6. The Balaban J connectivity index is 1.59. The molecule has 0 radical (unpaired) electrons. The van der Waals surface area contributed by atoms with Crippen LogP contribution in [0.5, 0.6) is 0 Å². The highest BCUT2D eigenvalue weighted by Crippen LogP contribution is 2.58. The standard InChI is InChI=1S/C26H39N3O7/c1-3-9-28(12-11-27-13-17-34-18-14-27)24(32)22-26-8-7-19(36-26)20(25(33)35-16-4-2)21(26)23(31)29(22)10-5-6-15-30/h3-4,19-22,30H,1-2,5-18H2/t19-,20+,21+,22?,26?/m1/s1. The zero-order valence-corrected chi connectivity index (χ0v) is 21.0. The Morgan fingerprint density at radius 3 is 2.67 bits per heavy atom.